The maximum absolute atomic E-state index is 13.2. The van der Waals surface area contributed by atoms with Crippen LogP contribution in [0.25, 0.3) is 0 Å². The average molecular weight is 487 g/mol. The number of nitrogens with zero attached hydrogens (tertiary/aromatic N) is 2. The predicted molar refractivity (Wildman–Crippen MR) is 127 cm³/mol. The molecule has 1 aliphatic rings. The molecule has 2 N–H and O–H groups in total. The summed E-state index contributed by atoms with van der Waals surface area (Å²) >= 11 is 0.812. The van der Waals surface area contributed by atoms with Crippen molar-refractivity contribution in [2.45, 2.75) is 56.0 Å². The van der Waals surface area contributed by atoms with Gasteiger partial charge in [0.2, 0.25) is 9.47 Å². The van der Waals surface area contributed by atoms with Gasteiger partial charge in [0.1, 0.15) is 11.4 Å². The number of hydrogen-bond acceptors (Lipinski definition) is 7. The van der Waals surface area contributed by atoms with Crippen molar-refractivity contribution in [1.82, 2.24) is 14.9 Å². The summed E-state index contributed by atoms with van der Waals surface area (Å²) in [7, 11) is -3.97. The zero-order valence-corrected chi connectivity index (χ0v) is 20.3. The Kier molecular flexibility index (Phi) is 6.51. The van der Waals surface area contributed by atoms with Gasteiger partial charge in [-0.3, -0.25) is 10.1 Å². The van der Waals surface area contributed by atoms with E-state index in [1.54, 1.807) is 18.2 Å². The third-order valence-corrected chi connectivity index (χ3v) is 8.60. The topological polar surface area (TPSA) is 110 Å². The van der Waals surface area contributed by atoms with Crippen LogP contribution >= 0.6 is 11.3 Å². The molecule has 1 aromatic heterocycles. The summed E-state index contributed by atoms with van der Waals surface area (Å²) in [5, 5.41) is 10.4. The number of sulfonamides is 1. The molecule has 174 valence electrons. The van der Waals surface area contributed by atoms with Crippen molar-refractivity contribution in [3.8, 4) is 5.75 Å². The highest BCUT2D eigenvalue weighted by Gasteiger charge is 2.40. The monoisotopic (exact) mass is 486 g/mol. The first-order chi connectivity index (χ1) is 15.7. The number of fused-ring (bicyclic) bond motifs is 1. The van der Waals surface area contributed by atoms with E-state index in [1.807, 2.05) is 51.1 Å². The number of carbonyl (C=O) groups is 1. The van der Waals surface area contributed by atoms with E-state index in [1.165, 1.54) is 0 Å². The van der Waals surface area contributed by atoms with Crippen molar-refractivity contribution >= 4 is 32.4 Å². The Morgan fingerprint density at radius 2 is 1.91 bits per heavy atom. The SMILES string of the molecule is CCC1(CC)CC(NS(=O)(=O)c2nnc(NC(=O)c3cccc(C)c3)s2)c2ccccc2O1. The summed E-state index contributed by atoms with van der Waals surface area (Å²) in [6, 6.07) is 14.1. The first kappa shape index (κ1) is 23.3. The van der Waals surface area contributed by atoms with Gasteiger partial charge in [-0.1, -0.05) is 61.1 Å². The maximum atomic E-state index is 13.2. The van der Waals surface area contributed by atoms with E-state index in [2.05, 4.69) is 20.2 Å². The molecule has 8 nitrogen and oxygen atoms in total. The highest BCUT2D eigenvalue weighted by molar-refractivity contribution is 7.91. The van der Waals surface area contributed by atoms with E-state index in [-0.39, 0.29) is 15.4 Å². The molecule has 0 fully saturated rings. The number of anilines is 1. The first-order valence-corrected chi connectivity index (χ1v) is 13.1. The molecular formula is C23H26N4O4S2. The van der Waals surface area contributed by atoms with Gasteiger partial charge in [-0.25, -0.2) is 13.1 Å². The van der Waals surface area contributed by atoms with Crippen molar-refractivity contribution in [3.05, 3.63) is 65.2 Å². The van der Waals surface area contributed by atoms with Crippen LogP contribution in [0.4, 0.5) is 5.13 Å². The second-order valence-corrected chi connectivity index (χ2v) is 11.0. The van der Waals surface area contributed by atoms with E-state index in [0.717, 1.165) is 35.3 Å². The zero-order chi connectivity index (χ0) is 23.6. The molecule has 1 aliphatic heterocycles. The molecule has 2 heterocycles. The number of nitrogens with one attached hydrogen (secondary N) is 2. The van der Waals surface area contributed by atoms with Gasteiger partial charge in [-0.05, 0) is 38.0 Å². The molecule has 0 aliphatic carbocycles. The molecular weight excluding hydrogens is 460 g/mol. The van der Waals surface area contributed by atoms with Crippen LogP contribution in [0.2, 0.25) is 0 Å². The molecule has 33 heavy (non-hydrogen) atoms. The summed E-state index contributed by atoms with van der Waals surface area (Å²) < 4.78 is 35.1. The fourth-order valence-corrected chi connectivity index (χ4v) is 6.09. The minimum atomic E-state index is -3.97. The largest absolute Gasteiger partial charge is 0.487 e. The number of ether oxygens (including phenoxy) is 1. The molecule has 0 saturated heterocycles. The van der Waals surface area contributed by atoms with Gasteiger partial charge in [-0.15, -0.1) is 10.2 Å². The van der Waals surface area contributed by atoms with Crippen LogP contribution < -0.4 is 14.8 Å². The minimum Gasteiger partial charge on any atom is -0.487 e. The highest BCUT2D eigenvalue weighted by Crippen LogP contribution is 2.43. The summed E-state index contributed by atoms with van der Waals surface area (Å²) in [6.07, 6.45) is 2.01. The summed E-state index contributed by atoms with van der Waals surface area (Å²) in [4.78, 5) is 12.5. The lowest BCUT2D eigenvalue weighted by Crippen LogP contribution is -2.44. The fraction of sp³-hybridized carbons (Fsp3) is 0.348. The molecule has 2 aromatic carbocycles. The van der Waals surface area contributed by atoms with Crippen LogP contribution in [0.3, 0.4) is 0 Å². The normalized spacial score (nSPS) is 17.1. The lowest BCUT2D eigenvalue weighted by atomic mass is 9.84. The number of para-hydroxylation sites is 1. The highest BCUT2D eigenvalue weighted by atomic mass is 32.2. The quantitative estimate of drug-likeness (QED) is 0.477. The number of aryl methyl sites for hydroxylation is 1. The van der Waals surface area contributed by atoms with Gasteiger partial charge >= 0.3 is 0 Å². The zero-order valence-electron chi connectivity index (χ0n) is 18.7. The number of benzene rings is 2. The number of hydrogen-bond donors (Lipinski definition) is 2. The van der Waals surface area contributed by atoms with Gasteiger partial charge < -0.3 is 4.74 Å². The molecule has 0 saturated carbocycles. The van der Waals surface area contributed by atoms with E-state index in [4.69, 9.17) is 4.74 Å². The minimum absolute atomic E-state index is 0.116. The Morgan fingerprint density at radius 3 is 2.64 bits per heavy atom. The number of aromatic nitrogens is 2. The molecule has 1 unspecified atom stereocenters. The van der Waals surface area contributed by atoms with E-state index >= 15 is 0 Å². The number of rotatable bonds is 7. The van der Waals surface area contributed by atoms with Gasteiger partial charge in [0.15, 0.2) is 0 Å². The van der Waals surface area contributed by atoms with Gasteiger partial charge in [-0.2, -0.15) is 0 Å². The Labute approximate surface area is 197 Å². The van der Waals surface area contributed by atoms with Crippen LogP contribution in [0, 0.1) is 6.92 Å². The van der Waals surface area contributed by atoms with E-state index in [9.17, 15) is 13.2 Å². The molecule has 10 heteroatoms. The van der Waals surface area contributed by atoms with Gasteiger partial charge in [0.25, 0.3) is 15.9 Å². The lowest BCUT2D eigenvalue weighted by Gasteiger charge is -2.41. The lowest BCUT2D eigenvalue weighted by molar-refractivity contribution is 0.0260. The second kappa shape index (κ2) is 9.20. The first-order valence-electron chi connectivity index (χ1n) is 10.8. The standard InChI is InChI=1S/C23H26N4O4S2/c1-4-23(5-2)14-18(17-11-6-7-12-19(17)31-23)27-33(29,30)22-26-25-21(32-22)24-20(28)16-10-8-9-15(3)13-16/h6-13,18,27H,4-5,14H2,1-3H3,(H,24,25,28). The van der Waals surface area contributed by atoms with Crippen LogP contribution in [0.1, 0.15) is 60.6 Å². The van der Waals surface area contributed by atoms with Crippen LogP contribution in [-0.4, -0.2) is 30.1 Å². The fourth-order valence-electron chi connectivity index (χ4n) is 3.97. The van der Waals surface area contributed by atoms with E-state index in [0.29, 0.717) is 17.7 Å². The van der Waals surface area contributed by atoms with Crippen LogP contribution in [0.5, 0.6) is 5.75 Å². The molecule has 1 atom stereocenters. The van der Waals surface area contributed by atoms with Crippen molar-refractivity contribution in [1.29, 1.82) is 0 Å². The summed E-state index contributed by atoms with van der Waals surface area (Å²) in [5.74, 6) is 0.310. The second-order valence-electron chi connectivity index (χ2n) is 8.10. The van der Waals surface area contributed by atoms with Crippen molar-refractivity contribution in [2.75, 3.05) is 5.32 Å². The average Bonchev–Trinajstić information content (AvgIpc) is 3.28. The maximum Gasteiger partial charge on any atom is 0.270 e. The molecule has 3 aromatic rings. The third-order valence-electron chi connectivity index (χ3n) is 5.92. The predicted octanol–water partition coefficient (Wildman–Crippen LogP) is 4.46. The molecule has 1 amide bonds. The van der Waals surface area contributed by atoms with Gasteiger partial charge in [0.05, 0.1) is 6.04 Å². The Morgan fingerprint density at radius 1 is 1.15 bits per heavy atom. The summed E-state index contributed by atoms with van der Waals surface area (Å²) in [6.45, 7) is 5.96. The van der Waals surface area contributed by atoms with Crippen molar-refractivity contribution < 1.29 is 17.9 Å². The van der Waals surface area contributed by atoms with Crippen LogP contribution in [-0.2, 0) is 10.0 Å². The Balaban J connectivity index is 1.55. The molecule has 4 rings (SSSR count). The number of carbonyl (C=O) groups excluding carboxylic acids is 1. The molecule has 0 radical (unpaired) electrons. The summed E-state index contributed by atoms with van der Waals surface area (Å²) in [5.41, 5.74) is 1.74. The third kappa shape index (κ3) is 4.92. The van der Waals surface area contributed by atoms with E-state index < -0.39 is 21.7 Å². The molecule has 0 bridgehead atoms. The Bertz CT molecular complexity index is 1270. The smallest absolute Gasteiger partial charge is 0.270 e. The van der Waals surface area contributed by atoms with Gasteiger partial charge in [0, 0.05) is 17.5 Å². The number of amides is 1. The van der Waals surface area contributed by atoms with Crippen molar-refractivity contribution in [2.24, 2.45) is 0 Å². The molecule has 0 spiro atoms. The van der Waals surface area contributed by atoms with Crippen molar-refractivity contribution in [3.63, 3.8) is 0 Å². The Hall–Kier alpha value is -2.82. The van der Waals surface area contributed by atoms with Crippen LogP contribution in [0.15, 0.2) is 52.9 Å².